The van der Waals surface area contributed by atoms with Crippen molar-refractivity contribution in [3.63, 3.8) is 0 Å². The highest BCUT2D eigenvalue weighted by atomic mass is 32.2. The normalized spacial score (nSPS) is 18.5. The first-order chi connectivity index (χ1) is 16.0. The highest BCUT2D eigenvalue weighted by molar-refractivity contribution is 7.90. The van der Waals surface area contributed by atoms with Gasteiger partial charge in [0.1, 0.15) is 0 Å². The van der Waals surface area contributed by atoms with Gasteiger partial charge in [0.2, 0.25) is 0 Å². The Morgan fingerprint density at radius 3 is 2.52 bits per heavy atom. The molecule has 1 aromatic carbocycles. The van der Waals surface area contributed by atoms with Crippen LogP contribution in [0.1, 0.15) is 43.2 Å². The number of ether oxygens (including phenoxy) is 2. The molecule has 0 atom stereocenters. The van der Waals surface area contributed by atoms with E-state index in [1.165, 1.54) is 23.2 Å². The van der Waals surface area contributed by atoms with Crippen LogP contribution < -0.4 is 5.32 Å². The Morgan fingerprint density at radius 1 is 1.06 bits per heavy atom. The van der Waals surface area contributed by atoms with Gasteiger partial charge in [-0.3, -0.25) is 0 Å². The van der Waals surface area contributed by atoms with Crippen molar-refractivity contribution in [1.82, 2.24) is 8.96 Å². The number of hydrogen-bond donors (Lipinski definition) is 1. The van der Waals surface area contributed by atoms with Gasteiger partial charge < -0.3 is 14.8 Å². The van der Waals surface area contributed by atoms with E-state index >= 15 is 0 Å². The summed E-state index contributed by atoms with van der Waals surface area (Å²) in [6.45, 7) is 3.10. The number of fused-ring (bicyclic) bond motifs is 1. The molecule has 0 amide bonds. The smallest absolute Gasteiger partial charge is 0.269 e. The van der Waals surface area contributed by atoms with Crippen molar-refractivity contribution in [2.24, 2.45) is 0 Å². The Bertz CT molecular complexity index is 1250. The molecule has 1 saturated heterocycles. The van der Waals surface area contributed by atoms with Gasteiger partial charge in [0, 0.05) is 29.4 Å². The average molecular weight is 468 g/mol. The van der Waals surface area contributed by atoms with E-state index in [1.54, 1.807) is 36.7 Å². The minimum Gasteiger partial charge on any atom is -0.381 e. The van der Waals surface area contributed by atoms with Gasteiger partial charge in [0.15, 0.2) is 11.9 Å². The maximum Gasteiger partial charge on any atom is 0.269 e. The first-order valence-corrected chi connectivity index (χ1v) is 13.0. The van der Waals surface area contributed by atoms with Crippen LogP contribution in [0.15, 0.2) is 53.7 Å². The lowest BCUT2D eigenvalue weighted by atomic mass is 9.95. The molecule has 0 radical (unpaired) electrons. The molecule has 3 aromatic rings. The molecule has 2 aromatic heterocycles. The topological polar surface area (TPSA) is 82.5 Å². The summed E-state index contributed by atoms with van der Waals surface area (Å²) in [5.41, 5.74) is 3.21. The van der Waals surface area contributed by atoms with Crippen LogP contribution in [0.2, 0.25) is 0 Å². The SMILES string of the molecule is Cc1ccc(S(=O)(=O)n2ccc3c(NC4CCCCC4)c(/C=C/C4OCCO4)cnc32)cc1. The molecule has 1 N–H and O–H groups in total. The fraction of sp³-hybridized carbons (Fsp3) is 0.400. The van der Waals surface area contributed by atoms with E-state index < -0.39 is 10.0 Å². The van der Waals surface area contributed by atoms with E-state index in [0.29, 0.717) is 24.9 Å². The Hall–Kier alpha value is -2.68. The Balaban J connectivity index is 1.57. The molecule has 3 heterocycles. The number of rotatable bonds is 6. The van der Waals surface area contributed by atoms with Crippen molar-refractivity contribution in [2.45, 2.75) is 56.3 Å². The standard InChI is InChI=1S/C25H29N3O4S/c1-18-7-10-21(11-8-18)33(29,30)28-14-13-22-24(27-20-5-3-2-4-6-20)19(17-26-25(22)28)9-12-23-31-15-16-32-23/h7-14,17,20,23H,2-6,15-16H2,1H3,(H,26,27)/b12-9+. The van der Waals surface area contributed by atoms with E-state index in [4.69, 9.17) is 9.47 Å². The number of hydrogen-bond acceptors (Lipinski definition) is 6. The second-order valence-corrected chi connectivity index (χ2v) is 10.5. The summed E-state index contributed by atoms with van der Waals surface area (Å²) in [6, 6.07) is 9.06. The van der Waals surface area contributed by atoms with Crippen LogP contribution in [0.25, 0.3) is 17.1 Å². The van der Waals surface area contributed by atoms with Crippen molar-refractivity contribution in [3.8, 4) is 0 Å². The number of anilines is 1. The molecule has 174 valence electrons. The summed E-state index contributed by atoms with van der Waals surface area (Å²) in [6.07, 6.45) is 12.6. The first kappa shape index (κ1) is 22.1. The van der Waals surface area contributed by atoms with Crippen LogP contribution >= 0.6 is 0 Å². The number of pyridine rings is 1. The second-order valence-electron chi connectivity index (χ2n) is 8.70. The third-order valence-electron chi connectivity index (χ3n) is 6.32. The minimum atomic E-state index is -3.76. The monoisotopic (exact) mass is 467 g/mol. The van der Waals surface area contributed by atoms with Crippen molar-refractivity contribution in [1.29, 1.82) is 0 Å². The predicted molar refractivity (Wildman–Crippen MR) is 129 cm³/mol. The van der Waals surface area contributed by atoms with Crippen LogP contribution in [0.3, 0.4) is 0 Å². The second kappa shape index (κ2) is 9.29. The highest BCUT2D eigenvalue weighted by Gasteiger charge is 2.23. The van der Waals surface area contributed by atoms with Crippen molar-refractivity contribution in [2.75, 3.05) is 18.5 Å². The molecule has 2 fully saturated rings. The van der Waals surface area contributed by atoms with Crippen LogP contribution in [0.5, 0.6) is 0 Å². The van der Waals surface area contributed by atoms with Gasteiger partial charge in [-0.1, -0.05) is 43.0 Å². The molecule has 5 rings (SSSR count). The summed E-state index contributed by atoms with van der Waals surface area (Å²) >= 11 is 0. The maximum atomic E-state index is 13.4. The molecule has 7 nitrogen and oxygen atoms in total. The Kier molecular flexibility index (Phi) is 6.23. The fourth-order valence-corrected chi connectivity index (χ4v) is 5.81. The largest absolute Gasteiger partial charge is 0.381 e. The molecule has 1 aliphatic carbocycles. The third-order valence-corrected chi connectivity index (χ3v) is 8.00. The quantitative estimate of drug-likeness (QED) is 0.565. The molecule has 33 heavy (non-hydrogen) atoms. The van der Waals surface area contributed by atoms with Gasteiger partial charge in [-0.25, -0.2) is 17.4 Å². The van der Waals surface area contributed by atoms with E-state index in [9.17, 15) is 8.42 Å². The molecular weight excluding hydrogens is 438 g/mol. The summed E-state index contributed by atoms with van der Waals surface area (Å²) in [5.74, 6) is 0. The van der Waals surface area contributed by atoms with Gasteiger partial charge in [-0.05, 0) is 44.0 Å². The molecule has 0 unspecified atom stereocenters. The number of nitrogens with one attached hydrogen (secondary N) is 1. The molecule has 0 bridgehead atoms. The number of aromatic nitrogens is 2. The molecule has 1 saturated carbocycles. The molecular formula is C25H29N3O4S. The van der Waals surface area contributed by atoms with E-state index in [-0.39, 0.29) is 11.2 Å². The Morgan fingerprint density at radius 2 is 1.79 bits per heavy atom. The third kappa shape index (κ3) is 4.55. The van der Waals surface area contributed by atoms with E-state index in [0.717, 1.165) is 35.0 Å². The minimum absolute atomic E-state index is 0.244. The molecule has 1 aliphatic heterocycles. The van der Waals surface area contributed by atoms with Crippen molar-refractivity contribution in [3.05, 3.63) is 59.9 Å². The molecule has 2 aliphatic rings. The van der Waals surface area contributed by atoms with Crippen LogP contribution in [0, 0.1) is 6.92 Å². The number of nitrogens with zero attached hydrogens (tertiary/aromatic N) is 2. The average Bonchev–Trinajstić information content (AvgIpc) is 3.50. The van der Waals surface area contributed by atoms with Gasteiger partial charge in [-0.2, -0.15) is 0 Å². The molecule has 8 heteroatoms. The number of aryl methyl sites for hydroxylation is 1. The van der Waals surface area contributed by atoms with E-state index in [1.807, 2.05) is 25.1 Å². The maximum absolute atomic E-state index is 13.4. The van der Waals surface area contributed by atoms with Gasteiger partial charge >= 0.3 is 0 Å². The van der Waals surface area contributed by atoms with Crippen molar-refractivity contribution < 1.29 is 17.9 Å². The Labute approximate surface area is 194 Å². The predicted octanol–water partition coefficient (Wildman–Crippen LogP) is 4.71. The summed E-state index contributed by atoms with van der Waals surface area (Å²) in [5, 5.41) is 4.48. The first-order valence-electron chi connectivity index (χ1n) is 11.5. The fourth-order valence-electron chi connectivity index (χ4n) is 4.50. The summed E-state index contributed by atoms with van der Waals surface area (Å²) in [7, 11) is -3.76. The van der Waals surface area contributed by atoms with Gasteiger partial charge in [0.05, 0.1) is 23.8 Å². The summed E-state index contributed by atoms with van der Waals surface area (Å²) in [4.78, 5) is 4.80. The van der Waals surface area contributed by atoms with Crippen LogP contribution in [-0.4, -0.2) is 42.9 Å². The molecule has 0 spiro atoms. The lowest BCUT2D eigenvalue weighted by molar-refractivity contribution is -0.000907. The number of benzene rings is 1. The van der Waals surface area contributed by atoms with Crippen molar-refractivity contribution >= 4 is 32.8 Å². The lowest BCUT2D eigenvalue weighted by Crippen LogP contribution is -2.23. The van der Waals surface area contributed by atoms with Crippen LogP contribution in [-0.2, 0) is 19.5 Å². The zero-order chi connectivity index (χ0) is 22.8. The van der Waals surface area contributed by atoms with Gasteiger partial charge in [-0.15, -0.1) is 0 Å². The van der Waals surface area contributed by atoms with E-state index in [2.05, 4.69) is 10.3 Å². The lowest BCUT2D eigenvalue weighted by Gasteiger charge is -2.25. The highest BCUT2D eigenvalue weighted by Crippen LogP contribution is 2.33. The van der Waals surface area contributed by atoms with Crippen LogP contribution in [0.4, 0.5) is 5.69 Å². The zero-order valence-electron chi connectivity index (χ0n) is 18.7. The van der Waals surface area contributed by atoms with Gasteiger partial charge in [0.25, 0.3) is 10.0 Å². The zero-order valence-corrected chi connectivity index (χ0v) is 19.6. The summed E-state index contributed by atoms with van der Waals surface area (Å²) < 4.78 is 39.0.